The highest BCUT2D eigenvalue weighted by atomic mass is 15.1. The maximum absolute atomic E-state index is 4.46. The average molecular weight is 588 g/mol. The van der Waals surface area contributed by atoms with Gasteiger partial charge in [0.05, 0.1) is 0 Å². The molecule has 0 fully saturated rings. The van der Waals surface area contributed by atoms with Gasteiger partial charge in [-0.3, -0.25) is 0 Å². The smallest absolute Gasteiger partial charge is 0.0366 e. The molecule has 0 N–H and O–H groups in total. The first-order chi connectivity index (χ1) is 21.2. The van der Waals surface area contributed by atoms with E-state index in [1.54, 1.807) is 0 Å². The van der Waals surface area contributed by atoms with Crippen molar-refractivity contribution in [3.8, 4) is 0 Å². The Labute approximate surface area is 269 Å². The molecule has 0 bridgehead atoms. The molecule has 1 heteroatoms. The predicted molar refractivity (Wildman–Crippen MR) is 196 cm³/mol. The molecular formula is C42H69N. The van der Waals surface area contributed by atoms with Crippen molar-refractivity contribution in [2.24, 2.45) is 0 Å². The number of nitrogens with zero attached hydrogens (tertiary/aromatic N) is 1. The lowest BCUT2D eigenvalue weighted by Gasteiger charge is -2.25. The second-order valence-electron chi connectivity index (χ2n) is 13.2. The molecule has 0 aromatic heterocycles. The Hall–Kier alpha value is -2.02. The number of hydrogen-bond donors (Lipinski definition) is 0. The molecule has 1 nitrogen and oxygen atoms in total. The minimum atomic E-state index is 0.923. The molecule has 0 atom stereocenters. The first-order valence-corrected chi connectivity index (χ1v) is 18.8. The number of benzene rings is 2. The highest BCUT2D eigenvalue weighted by Gasteiger charge is 2.08. The highest BCUT2D eigenvalue weighted by molar-refractivity contribution is 5.66. The van der Waals surface area contributed by atoms with Gasteiger partial charge in [0.1, 0.15) is 0 Å². The van der Waals surface area contributed by atoms with Gasteiger partial charge in [-0.15, -0.1) is 0 Å². The van der Waals surface area contributed by atoms with Crippen LogP contribution in [0.1, 0.15) is 172 Å². The van der Waals surface area contributed by atoms with Crippen molar-refractivity contribution in [2.45, 2.75) is 168 Å². The van der Waals surface area contributed by atoms with Gasteiger partial charge in [0, 0.05) is 18.8 Å². The molecule has 0 amide bonds. The van der Waals surface area contributed by atoms with Crippen molar-refractivity contribution >= 4 is 11.3 Å². The number of allylic oxidation sites excluding steroid dienone is 1. The van der Waals surface area contributed by atoms with E-state index < -0.39 is 0 Å². The number of anilines is 1. The van der Waals surface area contributed by atoms with Gasteiger partial charge in [0.25, 0.3) is 0 Å². The molecule has 0 saturated carbocycles. The quantitative estimate of drug-likeness (QED) is 0.0895. The molecule has 43 heavy (non-hydrogen) atoms. The standard InChI is InChI=1S/C42H69N/c1-5-8-11-14-16-18-21-24-35-43(36-25-22-19-17-15-12-9-6-2)42-33-29-40(30-34-42)37-38(4)41-31-27-39(28-32-41)26-23-20-13-10-7-3/h27-34H,4-26,35-37H2,1-3H3. The summed E-state index contributed by atoms with van der Waals surface area (Å²) in [6.45, 7) is 13.7. The van der Waals surface area contributed by atoms with Crippen LogP contribution in [-0.2, 0) is 12.8 Å². The normalized spacial score (nSPS) is 11.2. The molecule has 0 unspecified atom stereocenters. The van der Waals surface area contributed by atoms with Gasteiger partial charge >= 0.3 is 0 Å². The van der Waals surface area contributed by atoms with Crippen LogP contribution in [0.4, 0.5) is 5.69 Å². The van der Waals surface area contributed by atoms with Crippen molar-refractivity contribution in [3.63, 3.8) is 0 Å². The van der Waals surface area contributed by atoms with Crippen LogP contribution in [0.3, 0.4) is 0 Å². The van der Waals surface area contributed by atoms with Gasteiger partial charge in [0.15, 0.2) is 0 Å². The number of aryl methyl sites for hydroxylation is 1. The summed E-state index contributed by atoms with van der Waals surface area (Å²) in [5, 5.41) is 0. The summed E-state index contributed by atoms with van der Waals surface area (Å²) in [7, 11) is 0. The van der Waals surface area contributed by atoms with Gasteiger partial charge in [0.2, 0.25) is 0 Å². The summed E-state index contributed by atoms with van der Waals surface area (Å²) in [5.74, 6) is 0. The molecular weight excluding hydrogens is 518 g/mol. The molecule has 0 heterocycles. The van der Waals surface area contributed by atoms with Crippen molar-refractivity contribution in [1.82, 2.24) is 0 Å². The van der Waals surface area contributed by atoms with Gasteiger partial charge < -0.3 is 4.90 Å². The summed E-state index contributed by atoms with van der Waals surface area (Å²) in [6, 6.07) is 18.6. The Kier molecular flexibility index (Phi) is 21.9. The van der Waals surface area contributed by atoms with E-state index in [0.717, 1.165) is 6.42 Å². The first kappa shape index (κ1) is 37.2. The number of rotatable bonds is 28. The maximum Gasteiger partial charge on any atom is 0.0366 e. The number of unbranched alkanes of at least 4 members (excludes halogenated alkanes) is 18. The maximum atomic E-state index is 4.46. The van der Waals surface area contributed by atoms with Crippen LogP contribution < -0.4 is 4.90 Å². The van der Waals surface area contributed by atoms with E-state index >= 15 is 0 Å². The van der Waals surface area contributed by atoms with Crippen LogP contribution in [0, 0.1) is 0 Å². The fourth-order valence-electron chi connectivity index (χ4n) is 6.26. The van der Waals surface area contributed by atoms with Crippen molar-refractivity contribution in [3.05, 3.63) is 71.8 Å². The minimum absolute atomic E-state index is 0.923. The zero-order valence-corrected chi connectivity index (χ0v) is 29.0. The van der Waals surface area contributed by atoms with Crippen LogP contribution in [0.5, 0.6) is 0 Å². The van der Waals surface area contributed by atoms with E-state index in [1.165, 1.54) is 182 Å². The zero-order valence-electron chi connectivity index (χ0n) is 29.0. The van der Waals surface area contributed by atoms with Gasteiger partial charge in [-0.1, -0.05) is 179 Å². The minimum Gasteiger partial charge on any atom is -0.372 e. The van der Waals surface area contributed by atoms with E-state index in [2.05, 4.69) is 80.8 Å². The summed E-state index contributed by atoms with van der Waals surface area (Å²) < 4.78 is 0. The Morgan fingerprint density at radius 3 is 1.33 bits per heavy atom. The van der Waals surface area contributed by atoms with E-state index in [-0.39, 0.29) is 0 Å². The van der Waals surface area contributed by atoms with Gasteiger partial charge in [-0.2, -0.15) is 0 Å². The molecule has 0 aliphatic heterocycles. The van der Waals surface area contributed by atoms with Crippen LogP contribution in [0.15, 0.2) is 55.1 Å². The van der Waals surface area contributed by atoms with Crippen LogP contribution in [0.2, 0.25) is 0 Å². The van der Waals surface area contributed by atoms with Gasteiger partial charge in [-0.05, 0) is 66.5 Å². The van der Waals surface area contributed by atoms with E-state index in [4.69, 9.17) is 0 Å². The molecule has 0 radical (unpaired) electrons. The summed E-state index contributed by atoms with van der Waals surface area (Å²) in [6.07, 6.45) is 31.0. The lowest BCUT2D eigenvalue weighted by Crippen LogP contribution is -2.25. The van der Waals surface area contributed by atoms with Crippen molar-refractivity contribution < 1.29 is 0 Å². The lowest BCUT2D eigenvalue weighted by molar-refractivity contribution is 0.555. The fourth-order valence-corrected chi connectivity index (χ4v) is 6.26. The lowest BCUT2D eigenvalue weighted by atomic mass is 9.97. The van der Waals surface area contributed by atoms with Crippen LogP contribution in [0.25, 0.3) is 5.57 Å². The molecule has 0 aliphatic rings. The topological polar surface area (TPSA) is 3.24 Å². The molecule has 2 rings (SSSR count). The highest BCUT2D eigenvalue weighted by Crippen LogP contribution is 2.23. The van der Waals surface area contributed by atoms with Crippen LogP contribution in [-0.4, -0.2) is 13.1 Å². The van der Waals surface area contributed by atoms with Crippen molar-refractivity contribution in [2.75, 3.05) is 18.0 Å². The summed E-state index contributed by atoms with van der Waals surface area (Å²) >= 11 is 0. The summed E-state index contributed by atoms with van der Waals surface area (Å²) in [5.41, 5.74) is 6.74. The summed E-state index contributed by atoms with van der Waals surface area (Å²) in [4.78, 5) is 2.67. The SMILES string of the molecule is C=C(Cc1ccc(N(CCCCCCCCCC)CCCCCCCCCC)cc1)c1ccc(CCCCCCC)cc1. The van der Waals surface area contributed by atoms with E-state index in [1.807, 2.05) is 0 Å². The zero-order chi connectivity index (χ0) is 30.8. The number of hydrogen-bond acceptors (Lipinski definition) is 1. The molecule has 242 valence electrons. The molecule has 2 aromatic carbocycles. The Balaban J connectivity index is 1.83. The van der Waals surface area contributed by atoms with Gasteiger partial charge in [-0.25, -0.2) is 0 Å². The fraction of sp³-hybridized carbons (Fsp3) is 0.667. The molecule has 0 aliphatic carbocycles. The van der Waals surface area contributed by atoms with E-state index in [0.29, 0.717) is 0 Å². The average Bonchev–Trinajstić information content (AvgIpc) is 3.03. The third-order valence-corrected chi connectivity index (χ3v) is 9.21. The molecule has 2 aromatic rings. The van der Waals surface area contributed by atoms with Crippen LogP contribution >= 0.6 is 0 Å². The van der Waals surface area contributed by atoms with Crippen molar-refractivity contribution in [1.29, 1.82) is 0 Å². The third-order valence-electron chi connectivity index (χ3n) is 9.21. The predicted octanol–water partition coefficient (Wildman–Crippen LogP) is 13.5. The van der Waals surface area contributed by atoms with E-state index in [9.17, 15) is 0 Å². The Morgan fingerprint density at radius 2 is 0.860 bits per heavy atom. The monoisotopic (exact) mass is 588 g/mol. The first-order valence-electron chi connectivity index (χ1n) is 18.8. The molecule has 0 saturated heterocycles. The second-order valence-corrected chi connectivity index (χ2v) is 13.2. The largest absolute Gasteiger partial charge is 0.372 e. The Morgan fingerprint density at radius 1 is 0.465 bits per heavy atom. The Bertz CT molecular complexity index is 889. The molecule has 0 spiro atoms. The second kappa shape index (κ2) is 25.3. The third kappa shape index (κ3) is 17.8.